The Bertz CT molecular complexity index is 1290. The first-order chi connectivity index (χ1) is 17.3. The second kappa shape index (κ2) is 10.0. The number of ether oxygens (including phenoxy) is 1. The Balaban J connectivity index is 1.55. The summed E-state index contributed by atoms with van der Waals surface area (Å²) in [5.41, 5.74) is 12.8. The van der Waals surface area contributed by atoms with Crippen LogP contribution in [-0.2, 0) is 11.8 Å². The third-order valence-corrected chi connectivity index (χ3v) is 7.08. The van der Waals surface area contributed by atoms with Crippen molar-refractivity contribution in [3.8, 4) is 0 Å². The molecule has 5 rings (SSSR count). The van der Waals surface area contributed by atoms with Crippen LogP contribution in [-0.4, -0.2) is 62.7 Å². The van der Waals surface area contributed by atoms with Crippen LogP contribution in [0.25, 0.3) is 11.6 Å². The number of pyridine rings is 1. The van der Waals surface area contributed by atoms with Crippen molar-refractivity contribution in [2.24, 2.45) is 12.8 Å². The maximum Gasteiger partial charge on any atom is 0.410 e. The van der Waals surface area contributed by atoms with E-state index in [4.69, 9.17) is 27.1 Å². The molecule has 1 amide bonds. The van der Waals surface area contributed by atoms with Crippen LogP contribution in [0.15, 0.2) is 49.1 Å². The van der Waals surface area contributed by atoms with Crippen molar-refractivity contribution in [3.63, 3.8) is 0 Å². The van der Waals surface area contributed by atoms with E-state index in [2.05, 4.69) is 28.1 Å². The van der Waals surface area contributed by atoms with Gasteiger partial charge in [0.05, 0.1) is 42.1 Å². The van der Waals surface area contributed by atoms with Gasteiger partial charge >= 0.3 is 6.09 Å². The largest absolute Gasteiger partial charge is 0.447 e. The maximum absolute atomic E-state index is 12.5. The molecule has 2 atom stereocenters. The molecule has 0 spiro atoms. The molecule has 1 aliphatic carbocycles. The van der Waals surface area contributed by atoms with Crippen LogP contribution in [0.5, 0.6) is 0 Å². The minimum Gasteiger partial charge on any atom is -0.447 e. The summed E-state index contributed by atoms with van der Waals surface area (Å²) in [6.07, 6.45) is 7.12. The van der Waals surface area contributed by atoms with Crippen molar-refractivity contribution in [1.82, 2.24) is 24.3 Å². The molecule has 0 saturated carbocycles. The average Bonchev–Trinajstić information content (AvgIpc) is 3.23. The number of piperazine rings is 1. The third-order valence-electron chi connectivity index (χ3n) is 6.84. The van der Waals surface area contributed by atoms with Gasteiger partial charge in [0.15, 0.2) is 0 Å². The van der Waals surface area contributed by atoms with Crippen LogP contribution in [0, 0.1) is 0 Å². The molecule has 1 saturated heterocycles. The van der Waals surface area contributed by atoms with Gasteiger partial charge in [-0.05, 0) is 60.4 Å². The lowest BCUT2D eigenvalue weighted by Gasteiger charge is -2.39. The van der Waals surface area contributed by atoms with Crippen molar-refractivity contribution < 1.29 is 9.53 Å². The van der Waals surface area contributed by atoms with E-state index in [-0.39, 0.29) is 18.2 Å². The second-order valence-electron chi connectivity index (χ2n) is 9.57. The highest BCUT2D eigenvalue weighted by molar-refractivity contribution is 6.30. The number of benzene rings is 1. The molecule has 1 fully saturated rings. The zero-order valence-electron chi connectivity index (χ0n) is 20.8. The number of amides is 1. The maximum atomic E-state index is 12.5. The van der Waals surface area contributed by atoms with Gasteiger partial charge in [0.1, 0.15) is 0 Å². The van der Waals surface area contributed by atoms with Crippen LogP contribution in [0.3, 0.4) is 0 Å². The molecule has 1 unspecified atom stereocenters. The fourth-order valence-electron chi connectivity index (χ4n) is 5.08. The lowest BCUT2D eigenvalue weighted by Crippen LogP contribution is -2.50. The highest BCUT2D eigenvalue weighted by atomic mass is 35.5. The minimum atomic E-state index is -0.399. The first-order valence-electron chi connectivity index (χ1n) is 12.2. The van der Waals surface area contributed by atoms with E-state index >= 15 is 0 Å². The van der Waals surface area contributed by atoms with Crippen molar-refractivity contribution in [2.75, 3.05) is 26.2 Å². The zero-order chi connectivity index (χ0) is 25.4. The Kier molecular flexibility index (Phi) is 6.83. The number of aryl methyl sites for hydroxylation is 1. The van der Waals surface area contributed by atoms with Crippen molar-refractivity contribution in [3.05, 3.63) is 82.2 Å². The van der Waals surface area contributed by atoms with E-state index in [9.17, 15) is 4.79 Å². The molecule has 1 aromatic carbocycles. The van der Waals surface area contributed by atoms with Crippen LogP contribution >= 0.6 is 11.6 Å². The number of carbonyl (C=O) groups is 1. The number of hydrogen-bond acceptors (Lipinski definition) is 6. The average molecular weight is 507 g/mol. The van der Waals surface area contributed by atoms with Gasteiger partial charge in [-0.1, -0.05) is 23.7 Å². The normalized spacial score (nSPS) is 18.8. The first kappa shape index (κ1) is 24.5. The third kappa shape index (κ3) is 4.64. The summed E-state index contributed by atoms with van der Waals surface area (Å²) in [6, 6.07) is 9.51. The van der Waals surface area contributed by atoms with Gasteiger partial charge in [-0.2, -0.15) is 0 Å². The van der Waals surface area contributed by atoms with Crippen molar-refractivity contribution >= 4 is 29.3 Å². The molecule has 2 aromatic heterocycles. The summed E-state index contributed by atoms with van der Waals surface area (Å²) in [5.74, 6) is 0. The van der Waals surface area contributed by atoms with Crippen LogP contribution in [0.4, 0.5) is 4.79 Å². The molecule has 2 aliphatic rings. The fraction of sp³-hybridized carbons (Fsp3) is 0.370. The van der Waals surface area contributed by atoms with Crippen LogP contribution in [0.2, 0.25) is 5.02 Å². The van der Waals surface area contributed by atoms with Crippen molar-refractivity contribution in [2.45, 2.75) is 32.0 Å². The molecule has 8 nitrogen and oxygen atoms in total. The van der Waals surface area contributed by atoms with Crippen LogP contribution < -0.4 is 5.73 Å². The second-order valence-corrected chi connectivity index (χ2v) is 10.0. The molecule has 0 radical (unpaired) electrons. The number of aromatic nitrogens is 3. The number of hydrogen-bond donors (Lipinski definition) is 1. The number of imidazole rings is 1. The van der Waals surface area contributed by atoms with Crippen LogP contribution in [0.1, 0.15) is 54.0 Å². The van der Waals surface area contributed by atoms with E-state index in [0.29, 0.717) is 31.2 Å². The SMILES string of the molecule is CC(C)OC(=O)N1CCN(C2c3ccc(Cl)cc3C([C@@H](N)c3cncn3C)=Cc3cccnc32)CC1. The molecule has 188 valence electrons. The molecule has 3 heterocycles. The Hall–Kier alpha value is -3.20. The molecule has 0 bridgehead atoms. The van der Waals surface area contributed by atoms with Gasteiger partial charge in [-0.25, -0.2) is 9.78 Å². The lowest BCUT2D eigenvalue weighted by molar-refractivity contribution is 0.0513. The standard InChI is InChI=1S/C27H31ClN6O2/c1-17(2)36-27(35)34-11-9-33(10-12-34)26-20-7-6-19(28)14-21(20)22(13-18-5-4-8-31-25(18)26)24(29)23-15-30-16-32(23)3/h4-8,13-17,24,26H,9-12,29H2,1-3H3/t24-,26?/m1/s1. The summed E-state index contributed by atoms with van der Waals surface area (Å²) in [7, 11) is 1.94. The van der Waals surface area contributed by atoms with E-state index < -0.39 is 6.04 Å². The van der Waals surface area contributed by atoms with Gasteiger partial charge in [0.25, 0.3) is 0 Å². The fourth-order valence-corrected chi connectivity index (χ4v) is 5.25. The Labute approximate surface area is 216 Å². The smallest absolute Gasteiger partial charge is 0.410 e. The quantitative estimate of drug-likeness (QED) is 0.568. The van der Waals surface area contributed by atoms with Gasteiger partial charge in [-0.15, -0.1) is 0 Å². The summed E-state index contributed by atoms with van der Waals surface area (Å²) < 4.78 is 7.36. The Morgan fingerprint density at radius 2 is 1.97 bits per heavy atom. The van der Waals surface area contributed by atoms with Gasteiger partial charge < -0.3 is 19.9 Å². The summed E-state index contributed by atoms with van der Waals surface area (Å²) in [5, 5.41) is 0.649. The van der Waals surface area contributed by atoms with Gasteiger partial charge in [-0.3, -0.25) is 9.88 Å². The number of nitrogens with two attached hydrogens (primary N) is 1. The van der Waals surface area contributed by atoms with Crippen molar-refractivity contribution in [1.29, 1.82) is 0 Å². The molecule has 9 heteroatoms. The van der Waals surface area contributed by atoms with E-state index in [1.807, 2.05) is 49.9 Å². The van der Waals surface area contributed by atoms with E-state index in [1.54, 1.807) is 17.4 Å². The highest BCUT2D eigenvalue weighted by Gasteiger charge is 2.35. The molecule has 1 aliphatic heterocycles. The molecule has 2 N–H and O–H groups in total. The number of nitrogens with zero attached hydrogens (tertiary/aromatic N) is 5. The predicted molar refractivity (Wildman–Crippen MR) is 140 cm³/mol. The number of halogens is 1. The Morgan fingerprint density at radius 3 is 2.67 bits per heavy atom. The van der Waals surface area contributed by atoms with E-state index in [1.165, 1.54) is 0 Å². The summed E-state index contributed by atoms with van der Waals surface area (Å²) >= 11 is 6.52. The zero-order valence-corrected chi connectivity index (χ0v) is 21.5. The molecule has 36 heavy (non-hydrogen) atoms. The lowest BCUT2D eigenvalue weighted by atomic mass is 9.90. The van der Waals surface area contributed by atoms with Gasteiger partial charge in [0.2, 0.25) is 0 Å². The van der Waals surface area contributed by atoms with Gasteiger partial charge in [0, 0.05) is 44.4 Å². The predicted octanol–water partition coefficient (Wildman–Crippen LogP) is 4.27. The number of carbonyl (C=O) groups excluding carboxylic acids is 1. The Morgan fingerprint density at radius 1 is 1.19 bits per heavy atom. The first-order valence-corrected chi connectivity index (χ1v) is 12.6. The highest BCUT2D eigenvalue weighted by Crippen LogP contribution is 2.43. The van der Waals surface area contributed by atoms with E-state index in [0.717, 1.165) is 33.7 Å². The molecular weight excluding hydrogens is 476 g/mol. The number of fused-ring (bicyclic) bond motifs is 2. The monoisotopic (exact) mass is 506 g/mol. The summed E-state index contributed by atoms with van der Waals surface area (Å²) in [4.78, 5) is 25.7. The minimum absolute atomic E-state index is 0.107. The number of rotatable bonds is 4. The topological polar surface area (TPSA) is 89.5 Å². The summed E-state index contributed by atoms with van der Waals surface area (Å²) in [6.45, 7) is 6.29. The molecule has 3 aromatic rings. The molecular formula is C27H31ClN6O2.